The predicted octanol–water partition coefficient (Wildman–Crippen LogP) is 2.62. The van der Waals surface area contributed by atoms with Crippen LogP contribution in [0.2, 0.25) is 0 Å². The van der Waals surface area contributed by atoms with Gasteiger partial charge in [-0.3, -0.25) is 0 Å². The van der Waals surface area contributed by atoms with E-state index in [0.717, 1.165) is 5.92 Å². The molecule has 0 aromatic rings. The van der Waals surface area contributed by atoms with Crippen molar-refractivity contribution in [1.82, 2.24) is 0 Å². The Morgan fingerprint density at radius 3 is 2.62 bits per heavy atom. The summed E-state index contributed by atoms with van der Waals surface area (Å²) in [5.41, 5.74) is 0. The lowest BCUT2D eigenvalue weighted by Crippen LogP contribution is -1.78. The molecule has 1 rings (SSSR count). The highest BCUT2D eigenvalue weighted by Crippen LogP contribution is 2.38. The second kappa shape index (κ2) is 2.72. The zero-order chi connectivity index (χ0) is 5.98. The third-order valence-corrected chi connectivity index (χ3v) is 2.06. The third kappa shape index (κ3) is 1.66. The van der Waals surface area contributed by atoms with Crippen molar-refractivity contribution in [1.29, 1.82) is 0 Å². The second-order valence-electron chi connectivity index (χ2n) is 2.44. The Kier molecular flexibility index (Phi) is 2.18. The molecule has 0 aromatic heterocycles. The van der Waals surface area contributed by atoms with Gasteiger partial charge in [-0.05, 0) is 18.8 Å². The summed E-state index contributed by atoms with van der Waals surface area (Å²) >= 11 is 5.73. The molecule has 1 aliphatic carbocycles. The standard InChI is InChI=1S/C7H12Cl/c1-2-3-4-6-5-7(6)8/h5-7H,2-4H2,1H3. The van der Waals surface area contributed by atoms with Gasteiger partial charge in [0.1, 0.15) is 0 Å². The van der Waals surface area contributed by atoms with Crippen molar-refractivity contribution >= 4 is 11.6 Å². The van der Waals surface area contributed by atoms with E-state index in [9.17, 15) is 0 Å². The molecule has 0 aliphatic heterocycles. The SMILES string of the molecule is CCCCC1[CH]C1Cl. The maximum absolute atomic E-state index is 5.73. The Bertz CT molecular complexity index is 70.8. The lowest BCUT2D eigenvalue weighted by Gasteiger charge is -1.90. The van der Waals surface area contributed by atoms with Crippen LogP contribution in [-0.4, -0.2) is 5.38 Å². The molecule has 1 fully saturated rings. The van der Waals surface area contributed by atoms with Crippen LogP contribution in [0.5, 0.6) is 0 Å². The highest BCUT2D eigenvalue weighted by Gasteiger charge is 2.34. The van der Waals surface area contributed by atoms with Gasteiger partial charge in [0.15, 0.2) is 0 Å². The van der Waals surface area contributed by atoms with Crippen LogP contribution in [0.4, 0.5) is 0 Å². The van der Waals surface area contributed by atoms with Gasteiger partial charge >= 0.3 is 0 Å². The Balaban J connectivity index is 1.89. The molecular formula is C7H12Cl. The van der Waals surface area contributed by atoms with E-state index in [1.165, 1.54) is 19.3 Å². The van der Waals surface area contributed by atoms with Gasteiger partial charge < -0.3 is 0 Å². The zero-order valence-corrected chi connectivity index (χ0v) is 5.99. The minimum absolute atomic E-state index is 0.418. The summed E-state index contributed by atoms with van der Waals surface area (Å²) in [4.78, 5) is 0. The summed E-state index contributed by atoms with van der Waals surface area (Å²) in [6, 6.07) is 0. The molecule has 0 amide bonds. The van der Waals surface area contributed by atoms with Crippen LogP contribution in [0.15, 0.2) is 0 Å². The minimum atomic E-state index is 0.418. The molecule has 2 unspecified atom stereocenters. The fraction of sp³-hybridized carbons (Fsp3) is 0.857. The van der Waals surface area contributed by atoms with E-state index in [1.807, 2.05) is 0 Å². The van der Waals surface area contributed by atoms with Crippen LogP contribution in [-0.2, 0) is 0 Å². The minimum Gasteiger partial charge on any atom is -0.122 e. The van der Waals surface area contributed by atoms with Gasteiger partial charge in [-0.2, -0.15) is 0 Å². The molecule has 0 saturated heterocycles. The number of alkyl halides is 1. The molecule has 0 spiro atoms. The van der Waals surface area contributed by atoms with Crippen molar-refractivity contribution in [2.75, 3.05) is 0 Å². The van der Waals surface area contributed by atoms with Crippen LogP contribution < -0.4 is 0 Å². The quantitative estimate of drug-likeness (QED) is 0.517. The largest absolute Gasteiger partial charge is 0.122 e. The maximum Gasteiger partial charge on any atom is 0.0402 e. The molecule has 1 saturated carbocycles. The summed E-state index contributed by atoms with van der Waals surface area (Å²) < 4.78 is 0. The summed E-state index contributed by atoms with van der Waals surface area (Å²) in [6.07, 6.45) is 6.15. The molecular weight excluding hydrogens is 120 g/mol. The predicted molar refractivity (Wildman–Crippen MR) is 37.0 cm³/mol. The van der Waals surface area contributed by atoms with Gasteiger partial charge in [-0.15, -0.1) is 11.6 Å². The Labute approximate surface area is 56.2 Å². The summed E-state index contributed by atoms with van der Waals surface area (Å²) in [5, 5.41) is 0.418. The highest BCUT2D eigenvalue weighted by molar-refractivity contribution is 6.24. The van der Waals surface area contributed by atoms with Crippen molar-refractivity contribution < 1.29 is 0 Å². The maximum atomic E-state index is 5.73. The molecule has 0 nitrogen and oxygen atoms in total. The summed E-state index contributed by atoms with van der Waals surface area (Å²) in [5.74, 6) is 0.761. The zero-order valence-electron chi connectivity index (χ0n) is 5.23. The number of hydrogen-bond acceptors (Lipinski definition) is 0. The van der Waals surface area contributed by atoms with E-state index in [1.54, 1.807) is 0 Å². The van der Waals surface area contributed by atoms with Crippen molar-refractivity contribution in [3.8, 4) is 0 Å². The first kappa shape index (κ1) is 6.41. The monoisotopic (exact) mass is 131 g/mol. The lowest BCUT2D eigenvalue weighted by molar-refractivity contribution is 0.669. The average Bonchev–Trinajstić information content (AvgIpc) is 2.42. The molecule has 2 atom stereocenters. The number of rotatable bonds is 3. The Morgan fingerprint density at radius 2 is 2.25 bits per heavy atom. The molecule has 0 bridgehead atoms. The van der Waals surface area contributed by atoms with Gasteiger partial charge in [0, 0.05) is 5.38 Å². The highest BCUT2D eigenvalue weighted by atomic mass is 35.5. The van der Waals surface area contributed by atoms with E-state index < -0.39 is 0 Å². The fourth-order valence-electron chi connectivity index (χ4n) is 0.867. The fourth-order valence-corrected chi connectivity index (χ4v) is 1.18. The lowest BCUT2D eigenvalue weighted by atomic mass is 10.2. The van der Waals surface area contributed by atoms with Crippen LogP contribution >= 0.6 is 11.6 Å². The van der Waals surface area contributed by atoms with Gasteiger partial charge in [0.05, 0.1) is 0 Å². The van der Waals surface area contributed by atoms with E-state index in [2.05, 4.69) is 13.3 Å². The van der Waals surface area contributed by atoms with Gasteiger partial charge in [0.2, 0.25) is 0 Å². The summed E-state index contributed by atoms with van der Waals surface area (Å²) in [6.45, 7) is 2.21. The van der Waals surface area contributed by atoms with Crippen LogP contribution in [0.3, 0.4) is 0 Å². The topological polar surface area (TPSA) is 0 Å². The first-order chi connectivity index (χ1) is 3.84. The Morgan fingerprint density at radius 1 is 1.62 bits per heavy atom. The molecule has 47 valence electrons. The van der Waals surface area contributed by atoms with Gasteiger partial charge in [0.25, 0.3) is 0 Å². The van der Waals surface area contributed by atoms with Gasteiger partial charge in [-0.25, -0.2) is 0 Å². The molecule has 0 heterocycles. The number of halogens is 1. The van der Waals surface area contributed by atoms with Crippen molar-refractivity contribution in [2.24, 2.45) is 5.92 Å². The first-order valence-electron chi connectivity index (χ1n) is 3.33. The van der Waals surface area contributed by atoms with E-state index >= 15 is 0 Å². The smallest absolute Gasteiger partial charge is 0.0402 e. The molecule has 8 heavy (non-hydrogen) atoms. The van der Waals surface area contributed by atoms with Crippen LogP contribution in [0, 0.1) is 12.3 Å². The third-order valence-electron chi connectivity index (χ3n) is 1.59. The average molecular weight is 132 g/mol. The molecule has 1 aliphatic rings. The van der Waals surface area contributed by atoms with Crippen molar-refractivity contribution in [3.05, 3.63) is 6.42 Å². The van der Waals surface area contributed by atoms with E-state index in [4.69, 9.17) is 11.6 Å². The van der Waals surface area contributed by atoms with Crippen LogP contribution in [0.1, 0.15) is 26.2 Å². The van der Waals surface area contributed by atoms with Gasteiger partial charge in [-0.1, -0.05) is 19.8 Å². The molecule has 1 radical (unpaired) electrons. The van der Waals surface area contributed by atoms with Crippen molar-refractivity contribution in [2.45, 2.75) is 31.6 Å². The summed E-state index contributed by atoms with van der Waals surface area (Å²) in [7, 11) is 0. The normalized spacial score (nSPS) is 35.2. The molecule has 1 heteroatoms. The Hall–Kier alpha value is 0.290. The van der Waals surface area contributed by atoms with E-state index in [0.29, 0.717) is 5.38 Å². The van der Waals surface area contributed by atoms with Crippen molar-refractivity contribution in [3.63, 3.8) is 0 Å². The second-order valence-corrected chi connectivity index (χ2v) is 2.95. The van der Waals surface area contributed by atoms with E-state index in [-0.39, 0.29) is 0 Å². The molecule has 0 N–H and O–H groups in total. The number of hydrogen-bond donors (Lipinski definition) is 0. The van der Waals surface area contributed by atoms with Crippen LogP contribution in [0.25, 0.3) is 0 Å². The number of unbranched alkanes of at least 4 members (excludes halogenated alkanes) is 1. The molecule has 0 aromatic carbocycles. The first-order valence-corrected chi connectivity index (χ1v) is 3.77.